The molecule has 0 saturated heterocycles. The molecule has 142 valence electrons. The van der Waals surface area contributed by atoms with Crippen molar-refractivity contribution < 1.29 is 14.3 Å². The molecule has 0 aliphatic carbocycles. The number of carbonyl (C=O) groups excluding carboxylic acids is 2. The van der Waals surface area contributed by atoms with Gasteiger partial charge in [0, 0.05) is 28.6 Å². The number of benzene rings is 2. The van der Waals surface area contributed by atoms with Crippen LogP contribution in [-0.4, -0.2) is 24.0 Å². The van der Waals surface area contributed by atoms with Crippen LogP contribution in [-0.2, 0) is 16.0 Å². The molecule has 0 aliphatic heterocycles. The van der Waals surface area contributed by atoms with Crippen molar-refractivity contribution in [2.45, 2.75) is 6.42 Å². The fourth-order valence-corrected chi connectivity index (χ4v) is 3.39. The minimum Gasteiger partial charge on any atom is -0.465 e. The molecule has 0 aliphatic rings. The largest absolute Gasteiger partial charge is 0.465 e. The van der Waals surface area contributed by atoms with Crippen molar-refractivity contribution >= 4 is 46.0 Å². The Balaban J connectivity index is 1.56. The number of nitrogens with zero attached hydrogens (tertiary/aromatic N) is 1. The van der Waals surface area contributed by atoms with Gasteiger partial charge in [0.2, 0.25) is 5.91 Å². The predicted octanol–water partition coefficient (Wildman–Crippen LogP) is 4.83. The maximum Gasteiger partial charge on any atom is 0.337 e. The smallest absolute Gasteiger partial charge is 0.337 e. The van der Waals surface area contributed by atoms with E-state index in [1.165, 1.54) is 24.5 Å². The minimum absolute atomic E-state index is 0.274. The third-order valence-corrected chi connectivity index (χ3v) is 5.00. The molecule has 0 atom stereocenters. The number of ether oxygens (including phenoxy) is 1. The Morgan fingerprint density at radius 2 is 1.86 bits per heavy atom. The number of thiazole rings is 1. The van der Waals surface area contributed by atoms with Gasteiger partial charge in [-0.3, -0.25) is 10.1 Å². The monoisotopic (exact) mass is 412 g/mol. The first-order valence-corrected chi connectivity index (χ1v) is 9.59. The highest BCUT2D eigenvalue weighted by Gasteiger charge is 2.06. The summed E-state index contributed by atoms with van der Waals surface area (Å²) in [6.45, 7) is 0. The molecule has 1 amide bonds. The van der Waals surface area contributed by atoms with Crippen LogP contribution in [0.1, 0.15) is 26.4 Å². The maximum absolute atomic E-state index is 12.1. The van der Waals surface area contributed by atoms with E-state index in [1.807, 2.05) is 24.3 Å². The van der Waals surface area contributed by atoms with Gasteiger partial charge in [0.25, 0.3) is 0 Å². The van der Waals surface area contributed by atoms with Crippen LogP contribution in [0.5, 0.6) is 0 Å². The summed E-state index contributed by atoms with van der Waals surface area (Å²) in [6, 6.07) is 14.4. The number of hydrogen-bond donors (Lipinski definition) is 1. The Morgan fingerprint density at radius 1 is 1.14 bits per heavy atom. The number of anilines is 1. The second kappa shape index (κ2) is 9.30. The molecule has 3 aromatic rings. The number of carbonyl (C=O) groups is 2. The summed E-state index contributed by atoms with van der Waals surface area (Å²) in [6.07, 6.45) is 5.57. The highest BCUT2D eigenvalue weighted by atomic mass is 35.5. The average Bonchev–Trinajstić information content (AvgIpc) is 3.14. The summed E-state index contributed by atoms with van der Waals surface area (Å²) in [5, 5.41) is 4.00. The zero-order chi connectivity index (χ0) is 19.9. The van der Waals surface area contributed by atoms with Crippen molar-refractivity contribution in [3.8, 4) is 0 Å². The van der Waals surface area contributed by atoms with E-state index in [9.17, 15) is 9.59 Å². The molecule has 0 saturated carbocycles. The highest BCUT2D eigenvalue weighted by Crippen LogP contribution is 2.22. The van der Waals surface area contributed by atoms with Crippen molar-refractivity contribution in [1.82, 2.24) is 4.98 Å². The van der Waals surface area contributed by atoms with Gasteiger partial charge in [-0.15, -0.1) is 11.3 Å². The molecule has 0 spiro atoms. The van der Waals surface area contributed by atoms with Gasteiger partial charge < -0.3 is 4.74 Å². The van der Waals surface area contributed by atoms with Crippen molar-refractivity contribution in [3.63, 3.8) is 0 Å². The van der Waals surface area contributed by atoms with Crippen LogP contribution < -0.4 is 5.32 Å². The lowest BCUT2D eigenvalue weighted by molar-refractivity contribution is -0.111. The van der Waals surface area contributed by atoms with Crippen molar-refractivity contribution in [2.75, 3.05) is 12.4 Å². The first-order valence-electron chi connectivity index (χ1n) is 8.40. The van der Waals surface area contributed by atoms with Crippen LogP contribution in [0.4, 0.5) is 5.13 Å². The van der Waals surface area contributed by atoms with Gasteiger partial charge in [-0.25, -0.2) is 9.78 Å². The predicted molar refractivity (Wildman–Crippen MR) is 112 cm³/mol. The quantitative estimate of drug-likeness (QED) is 0.465. The van der Waals surface area contributed by atoms with E-state index in [1.54, 1.807) is 36.5 Å². The molecule has 2 aromatic carbocycles. The Kier molecular flexibility index (Phi) is 6.57. The van der Waals surface area contributed by atoms with Crippen LogP contribution in [0.3, 0.4) is 0 Å². The van der Waals surface area contributed by atoms with Gasteiger partial charge in [-0.1, -0.05) is 35.9 Å². The fourth-order valence-electron chi connectivity index (χ4n) is 2.42. The Bertz CT molecular complexity index is 995. The number of rotatable bonds is 6. The lowest BCUT2D eigenvalue weighted by atomic mass is 10.1. The number of methoxy groups -OCH3 is 1. The minimum atomic E-state index is -0.397. The molecule has 28 heavy (non-hydrogen) atoms. The maximum atomic E-state index is 12.1. The first kappa shape index (κ1) is 19.8. The molecule has 0 unspecified atom stereocenters. The molecule has 1 aromatic heterocycles. The Morgan fingerprint density at radius 3 is 2.54 bits per heavy atom. The van der Waals surface area contributed by atoms with E-state index in [0.717, 1.165) is 22.4 Å². The summed E-state index contributed by atoms with van der Waals surface area (Å²) >= 11 is 7.32. The number of amides is 1. The van der Waals surface area contributed by atoms with Crippen molar-refractivity contribution in [1.29, 1.82) is 0 Å². The highest BCUT2D eigenvalue weighted by molar-refractivity contribution is 7.15. The van der Waals surface area contributed by atoms with Crippen molar-refractivity contribution in [3.05, 3.63) is 87.4 Å². The summed E-state index contributed by atoms with van der Waals surface area (Å²) in [4.78, 5) is 28.8. The van der Waals surface area contributed by atoms with Crippen molar-refractivity contribution in [2.24, 2.45) is 0 Å². The number of nitrogens with one attached hydrogen (secondary N) is 1. The molecular weight excluding hydrogens is 396 g/mol. The summed E-state index contributed by atoms with van der Waals surface area (Å²) in [5.41, 5.74) is 2.38. The molecule has 3 rings (SSSR count). The lowest BCUT2D eigenvalue weighted by Gasteiger charge is -2.00. The second-order valence-corrected chi connectivity index (χ2v) is 7.42. The van der Waals surface area contributed by atoms with Gasteiger partial charge in [-0.05, 0) is 41.5 Å². The van der Waals surface area contributed by atoms with Gasteiger partial charge >= 0.3 is 5.97 Å². The molecule has 0 fully saturated rings. The summed E-state index contributed by atoms with van der Waals surface area (Å²) < 4.78 is 4.65. The average molecular weight is 413 g/mol. The molecule has 1 N–H and O–H groups in total. The van der Waals surface area contributed by atoms with E-state index in [0.29, 0.717) is 15.7 Å². The Hall–Kier alpha value is -2.96. The van der Waals surface area contributed by atoms with E-state index in [4.69, 9.17) is 11.6 Å². The fraction of sp³-hybridized carbons (Fsp3) is 0.0952. The van der Waals surface area contributed by atoms with E-state index < -0.39 is 5.97 Å². The van der Waals surface area contributed by atoms with Crippen LogP contribution >= 0.6 is 22.9 Å². The summed E-state index contributed by atoms with van der Waals surface area (Å²) in [5.74, 6) is -0.670. The van der Waals surface area contributed by atoms with E-state index in [2.05, 4.69) is 15.0 Å². The van der Waals surface area contributed by atoms with E-state index >= 15 is 0 Å². The summed E-state index contributed by atoms with van der Waals surface area (Å²) in [7, 11) is 1.33. The van der Waals surface area contributed by atoms with Crippen LogP contribution in [0.2, 0.25) is 5.02 Å². The normalized spacial score (nSPS) is 10.8. The third kappa shape index (κ3) is 5.52. The van der Waals surface area contributed by atoms with Gasteiger partial charge in [-0.2, -0.15) is 0 Å². The van der Waals surface area contributed by atoms with E-state index in [-0.39, 0.29) is 5.91 Å². The zero-order valence-electron chi connectivity index (χ0n) is 15.0. The molecule has 7 heteroatoms. The van der Waals surface area contributed by atoms with Gasteiger partial charge in [0.1, 0.15) is 0 Å². The SMILES string of the molecule is COC(=O)c1ccc(/C=C/C(=O)Nc2ncc(Cc3ccc(Cl)cc3)s2)cc1. The number of hydrogen-bond acceptors (Lipinski definition) is 5. The van der Waals surface area contributed by atoms with Crippen LogP contribution in [0, 0.1) is 0 Å². The number of aromatic nitrogens is 1. The van der Waals surface area contributed by atoms with Gasteiger partial charge in [0.05, 0.1) is 12.7 Å². The number of halogens is 1. The lowest BCUT2D eigenvalue weighted by Crippen LogP contribution is -2.07. The molecular formula is C21H17ClN2O3S. The molecule has 1 heterocycles. The van der Waals surface area contributed by atoms with Gasteiger partial charge in [0.15, 0.2) is 5.13 Å². The third-order valence-electron chi connectivity index (χ3n) is 3.83. The molecule has 0 bridgehead atoms. The topological polar surface area (TPSA) is 68.3 Å². The molecule has 5 nitrogen and oxygen atoms in total. The number of esters is 1. The first-order chi connectivity index (χ1) is 13.5. The standard InChI is InChI=1S/C21H17ClN2O3S/c1-27-20(26)16-7-2-14(3-8-16)6-11-19(25)24-21-23-13-18(28-21)12-15-4-9-17(22)10-5-15/h2-11,13H,12H2,1H3,(H,23,24,25)/b11-6+. The Labute approximate surface area is 171 Å². The van der Waals surface area contributed by atoms with Crippen LogP contribution in [0.25, 0.3) is 6.08 Å². The molecule has 0 radical (unpaired) electrons. The zero-order valence-corrected chi connectivity index (χ0v) is 16.6. The second-order valence-electron chi connectivity index (χ2n) is 5.87. The van der Waals surface area contributed by atoms with Crippen LogP contribution in [0.15, 0.2) is 60.8 Å².